The van der Waals surface area contributed by atoms with Crippen molar-refractivity contribution >= 4 is 5.91 Å². The van der Waals surface area contributed by atoms with Crippen molar-refractivity contribution in [2.24, 2.45) is 11.3 Å². The predicted molar refractivity (Wildman–Crippen MR) is 77.3 cm³/mol. The van der Waals surface area contributed by atoms with Crippen LogP contribution in [0.15, 0.2) is 6.20 Å². The molecule has 2 aliphatic rings. The van der Waals surface area contributed by atoms with Crippen LogP contribution in [-0.4, -0.2) is 58.9 Å². The summed E-state index contributed by atoms with van der Waals surface area (Å²) in [6.45, 7) is 8.40. The molecular weight excluding hydrogens is 252 g/mol. The predicted octanol–water partition coefficient (Wildman–Crippen LogP) is 0.925. The number of aromatic nitrogens is 2. The zero-order valence-electron chi connectivity index (χ0n) is 12.6. The van der Waals surface area contributed by atoms with Crippen LogP contribution in [0.4, 0.5) is 0 Å². The highest BCUT2D eigenvalue weighted by atomic mass is 16.2. The number of carbonyl (C=O) groups excluding carboxylic acids is 1. The molecule has 0 radical (unpaired) electrons. The van der Waals surface area contributed by atoms with E-state index in [0.29, 0.717) is 12.3 Å². The third-order valence-corrected chi connectivity index (χ3v) is 4.87. The van der Waals surface area contributed by atoms with Crippen molar-refractivity contribution in [3.8, 4) is 0 Å². The first-order valence-electron chi connectivity index (χ1n) is 7.49. The van der Waals surface area contributed by atoms with Crippen LogP contribution in [0.1, 0.15) is 25.4 Å². The molecule has 2 saturated heterocycles. The zero-order valence-corrected chi connectivity index (χ0v) is 12.6. The Bertz CT molecular complexity index is 512. The van der Waals surface area contributed by atoms with Crippen molar-refractivity contribution in [3.63, 3.8) is 0 Å². The van der Waals surface area contributed by atoms with Gasteiger partial charge in [0.25, 0.3) is 0 Å². The van der Waals surface area contributed by atoms with Gasteiger partial charge in [-0.05, 0) is 19.4 Å². The Morgan fingerprint density at radius 3 is 2.95 bits per heavy atom. The van der Waals surface area contributed by atoms with Gasteiger partial charge in [-0.2, -0.15) is 0 Å². The van der Waals surface area contributed by atoms with E-state index in [1.54, 1.807) is 0 Å². The fourth-order valence-corrected chi connectivity index (χ4v) is 3.75. The van der Waals surface area contributed by atoms with Gasteiger partial charge in [-0.1, -0.05) is 13.8 Å². The Labute approximate surface area is 120 Å². The van der Waals surface area contributed by atoms with Crippen molar-refractivity contribution < 1.29 is 4.79 Å². The van der Waals surface area contributed by atoms with Crippen molar-refractivity contribution in [2.75, 3.05) is 33.2 Å². The normalized spacial score (nSPS) is 29.9. The van der Waals surface area contributed by atoms with Gasteiger partial charge in [0.1, 0.15) is 5.82 Å². The number of amides is 1. The maximum Gasteiger partial charge on any atom is 0.230 e. The van der Waals surface area contributed by atoms with Crippen molar-refractivity contribution in [1.29, 1.82) is 0 Å². The van der Waals surface area contributed by atoms with Gasteiger partial charge in [0, 0.05) is 43.5 Å². The van der Waals surface area contributed by atoms with Crippen LogP contribution >= 0.6 is 0 Å². The van der Waals surface area contributed by atoms with Crippen LogP contribution < -0.4 is 0 Å². The number of fused-ring (bicyclic) bond motifs is 1. The summed E-state index contributed by atoms with van der Waals surface area (Å²) in [5.74, 6) is 1.63. The van der Waals surface area contributed by atoms with Crippen LogP contribution in [0.5, 0.6) is 0 Å². The number of H-pyrrole nitrogens is 1. The fourth-order valence-electron chi connectivity index (χ4n) is 3.75. The molecule has 0 saturated carbocycles. The number of rotatable bonds is 3. The summed E-state index contributed by atoms with van der Waals surface area (Å²) in [7, 11) is 2.17. The summed E-state index contributed by atoms with van der Waals surface area (Å²) in [6, 6.07) is 0. The number of hydrogen-bond donors (Lipinski definition) is 1. The van der Waals surface area contributed by atoms with Gasteiger partial charge in [-0.3, -0.25) is 4.79 Å². The summed E-state index contributed by atoms with van der Waals surface area (Å²) in [5.41, 5.74) is 1.38. The molecule has 1 aromatic heterocycles. The molecule has 110 valence electrons. The van der Waals surface area contributed by atoms with Gasteiger partial charge < -0.3 is 14.8 Å². The van der Waals surface area contributed by atoms with E-state index < -0.39 is 0 Å². The number of aromatic amines is 1. The van der Waals surface area contributed by atoms with Gasteiger partial charge in [0.2, 0.25) is 5.91 Å². The van der Waals surface area contributed by atoms with Crippen LogP contribution in [0.3, 0.4) is 0 Å². The van der Waals surface area contributed by atoms with E-state index in [2.05, 4.69) is 35.8 Å². The minimum absolute atomic E-state index is 0.209. The Kier molecular flexibility index (Phi) is 3.32. The Balaban J connectivity index is 1.62. The second-order valence-electron chi connectivity index (χ2n) is 6.71. The second kappa shape index (κ2) is 4.88. The summed E-state index contributed by atoms with van der Waals surface area (Å²) in [6.07, 6.45) is 3.16. The van der Waals surface area contributed by atoms with Gasteiger partial charge >= 0.3 is 0 Å². The highest BCUT2D eigenvalue weighted by Crippen LogP contribution is 2.41. The van der Waals surface area contributed by atoms with Gasteiger partial charge in [-0.15, -0.1) is 0 Å². The van der Waals surface area contributed by atoms with Crippen molar-refractivity contribution in [3.05, 3.63) is 17.7 Å². The molecule has 0 aliphatic carbocycles. The van der Waals surface area contributed by atoms with Gasteiger partial charge in [0.05, 0.1) is 6.42 Å². The maximum atomic E-state index is 12.4. The highest BCUT2D eigenvalue weighted by Gasteiger charge is 2.49. The maximum absolute atomic E-state index is 12.4. The molecule has 0 aromatic carbocycles. The van der Waals surface area contributed by atoms with Crippen molar-refractivity contribution in [1.82, 2.24) is 19.8 Å². The van der Waals surface area contributed by atoms with Crippen molar-refractivity contribution in [2.45, 2.75) is 26.7 Å². The van der Waals surface area contributed by atoms with E-state index in [9.17, 15) is 4.79 Å². The van der Waals surface area contributed by atoms with Gasteiger partial charge in [0.15, 0.2) is 0 Å². The third-order valence-electron chi connectivity index (χ3n) is 4.87. The summed E-state index contributed by atoms with van der Waals surface area (Å²) < 4.78 is 0. The molecule has 3 rings (SSSR count). The van der Waals surface area contributed by atoms with Gasteiger partial charge in [-0.25, -0.2) is 4.98 Å². The number of nitrogens with one attached hydrogen (secondary N) is 1. The molecule has 0 unspecified atom stereocenters. The molecule has 1 aromatic rings. The minimum Gasteiger partial charge on any atom is -0.345 e. The molecule has 2 atom stereocenters. The molecule has 2 aliphatic heterocycles. The Morgan fingerprint density at radius 1 is 1.50 bits per heavy atom. The third kappa shape index (κ3) is 2.35. The lowest BCUT2D eigenvalue weighted by atomic mass is 9.83. The monoisotopic (exact) mass is 276 g/mol. The van der Waals surface area contributed by atoms with E-state index in [1.165, 1.54) is 0 Å². The fraction of sp³-hybridized carbons (Fsp3) is 0.733. The van der Waals surface area contributed by atoms with E-state index in [4.69, 9.17) is 0 Å². The number of aryl methyl sites for hydroxylation is 1. The lowest BCUT2D eigenvalue weighted by Crippen LogP contribution is -2.35. The standard InChI is InChI=1S/C15H24N4O/c1-4-12-6-16-13(17-12)5-14(20)19-8-11-7-18(3)9-15(11,2)10-19/h6,11H,4-5,7-10H2,1-3H3,(H,16,17)/t11-,15+/m0/s1. The Morgan fingerprint density at radius 2 is 2.30 bits per heavy atom. The average molecular weight is 276 g/mol. The summed E-state index contributed by atoms with van der Waals surface area (Å²) in [4.78, 5) is 24.3. The quantitative estimate of drug-likeness (QED) is 0.893. The van der Waals surface area contributed by atoms with E-state index in [1.807, 2.05) is 11.1 Å². The average Bonchev–Trinajstić information content (AvgIpc) is 3.00. The largest absolute Gasteiger partial charge is 0.345 e. The number of likely N-dealkylation sites (tertiary alicyclic amines) is 2. The number of carbonyl (C=O) groups is 1. The lowest BCUT2D eigenvalue weighted by molar-refractivity contribution is -0.130. The molecule has 5 nitrogen and oxygen atoms in total. The summed E-state index contributed by atoms with van der Waals surface area (Å²) in [5, 5.41) is 0. The lowest BCUT2D eigenvalue weighted by Gasteiger charge is -2.23. The number of hydrogen-bond acceptors (Lipinski definition) is 3. The van der Waals surface area contributed by atoms with Crippen LogP contribution in [-0.2, 0) is 17.6 Å². The first kappa shape index (κ1) is 13.6. The van der Waals surface area contributed by atoms with E-state index in [0.717, 1.165) is 44.1 Å². The molecule has 20 heavy (non-hydrogen) atoms. The molecule has 0 bridgehead atoms. The van der Waals surface area contributed by atoms with Crippen LogP contribution in [0.2, 0.25) is 0 Å². The highest BCUT2D eigenvalue weighted by molar-refractivity contribution is 5.78. The molecule has 1 amide bonds. The van der Waals surface area contributed by atoms with E-state index >= 15 is 0 Å². The minimum atomic E-state index is 0.209. The summed E-state index contributed by atoms with van der Waals surface area (Å²) >= 11 is 0. The second-order valence-corrected chi connectivity index (χ2v) is 6.71. The zero-order chi connectivity index (χ0) is 14.3. The molecule has 3 heterocycles. The van der Waals surface area contributed by atoms with Crippen LogP contribution in [0.25, 0.3) is 0 Å². The SMILES string of the molecule is CCc1cnc(CC(=O)N2C[C@@H]3CN(C)C[C@]3(C)C2)[nH]1. The molecule has 0 spiro atoms. The van der Waals surface area contributed by atoms with Crippen LogP contribution in [0, 0.1) is 11.3 Å². The molecule has 1 N–H and O–H groups in total. The molecular formula is C15H24N4O. The number of imidazole rings is 1. The first-order valence-corrected chi connectivity index (χ1v) is 7.49. The first-order chi connectivity index (χ1) is 9.50. The smallest absolute Gasteiger partial charge is 0.230 e. The Hall–Kier alpha value is -1.36. The molecule has 5 heteroatoms. The molecule has 2 fully saturated rings. The number of nitrogens with zero attached hydrogens (tertiary/aromatic N) is 3. The topological polar surface area (TPSA) is 52.2 Å². The van der Waals surface area contributed by atoms with E-state index in [-0.39, 0.29) is 11.3 Å².